The molecule has 0 saturated carbocycles. The fourth-order valence-corrected chi connectivity index (χ4v) is 3.13. The highest BCUT2D eigenvalue weighted by Crippen LogP contribution is 2.26. The molecule has 120 valence electrons. The van der Waals surface area contributed by atoms with E-state index in [1.54, 1.807) is 0 Å². The van der Waals surface area contributed by atoms with Gasteiger partial charge in [0.2, 0.25) is 0 Å². The number of benzene rings is 1. The first-order valence-corrected chi connectivity index (χ1v) is 7.54. The lowest BCUT2D eigenvalue weighted by atomic mass is 9.80. The fourth-order valence-electron chi connectivity index (χ4n) is 3.13. The summed E-state index contributed by atoms with van der Waals surface area (Å²) in [6, 6.07) is 7.70. The standard InChI is InChI=1S/C16H22N4O.ClH/c1-16(2,11-7-9-17-10-8-11)18-15(21)14-12-5-3-4-6-13(12)19-20-14;/h3-6,11,17H,7-10H2,1-2H3,(H,18,21)(H,19,20);1H. The van der Waals surface area contributed by atoms with Crippen molar-refractivity contribution in [3.8, 4) is 0 Å². The zero-order valence-corrected chi connectivity index (χ0v) is 13.8. The van der Waals surface area contributed by atoms with Crippen LogP contribution in [0.25, 0.3) is 10.9 Å². The second-order valence-corrected chi connectivity index (χ2v) is 6.32. The summed E-state index contributed by atoms with van der Waals surface area (Å²) in [7, 11) is 0. The van der Waals surface area contributed by atoms with Crippen LogP contribution in [-0.4, -0.2) is 34.7 Å². The normalized spacial score (nSPS) is 16.3. The Hall–Kier alpha value is -1.59. The number of halogens is 1. The van der Waals surface area contributed by atoms with Gasteiger partial charge < -0.3 is 10.6 Å². The average molecular weight is 323 g/mol. The van der Waals surface area contributed by atoms with Crippen molar-refractivity contribution in [3.05, 3.63) is 30.0 Å². The molecule has 1 saturated heterocycles. The molecule has 6 heteroatoms. The molecule has 5 nitrogen and oxygen atoms in total. The molecule has 1 aliphatic rings. The third-order valence-electron chi connectivity index (χ3n) is 4.48. The summed E-state index contributed by atoms with van der Waals surface area (Å²) in [6.07, 6.45) is 2.18. The summed E-state index contributed by atoms with van der Waals surface area (Å²) < 4.78 is 0. The van der Waals surface area contributed by atoms with E-state index in [9.17, 15) is 4.79 Å². The summed E-state index contributed by atoms with van der Waals surface area (Å²) >= 11 is 0. The molecule has 0 aliphatic carbocycles. The predicted molar refractivity (Wildman–Crippen MR) is 90.5 cm³/mol. The number of amides is 1. The summed E-state index contributed by atoms with van der Waals surface area (Å²) in [5.74, 6) is 0.392. The van der Waals surface area contributed by atoms with Crippen LogP contribution in [0.5, 0.6) is 0 Å². The van der Waals surface area contributed by atoms with E-state index in [-0.39, 0.29) is 23.9 Å². The van der Waals surface area contributed by atoms with E-state index in [0.717, 1.165) is 36.8 Å². The molecule has 1 fully saturated rings. The van der Waals surface area contributed by atoms with E-state index >= 15 is 0 Å². The average Bonchev–Trinajstić information content (AvgIpc) is 2.92. The maximum atomic E-state index is 12.6. The minimum absolute atomic E-state index is 0. The molecule has 0 unspecified atom stereocenters. The summed E-state index contributed by atoms with van der Waals surface area (Å²) in [5.41, 5.74) is 1.15. The number of carbonyl (C=O) groups is 1. The maximum Gasteiger partial charge on any atom is 0.272 e. The number of aromatic nitrogens is 2. The lowest BCUT2D eigenvalue weighted by Crippen LogP contribution is -2.52. The number of rotatable bonds is 3. The van der Waals surface area contributed by atoms with Gasteiger partial charge in [0.25, 0.3) is 5.91 Å². The Balaban J connectivity index is 0.00000176. The van der Waals surface area contributed by atoms with Crippen molar-refractivity contribution in [2.45, 2.75) is 32.2 Å². The van der Waals surface area contributed by atoms with E-state index in [4.69, 9.17) is 0 Å². The molecule has 22 heavy (non-hydrogen) atoms. The molecule has 1 aromatic heterocycles. The van der Waals surface area contributed by atoms with Gasteiger partial charge in [-0.25, -0.2) is 0 Å². The molecule has 3 N–H and O–H groups in total. The Kier molecular flexibility index (Phi) is 5.08. The van der Waals surface area contributed by atoms with E-state index in [0.29, 0.717) is 11.6 Å². The molecule has 0 spiro atoms. The Morgan fingerprint density at radius 1 is 1.27 bits per heavy atom. The minimum Gasteiger partial charge on any atom is -0.345 e. The number of fused-ring (bicyclic) bond motifs is 1. The van der Waals surface area contributed by atoms with Crippen LogP contribution in [-0.2, 0) is 0 Å². The van der Waals surface area contributed by atoms with E-state index in [2.05, 4.69) is 34.7 Å². The molecule has 3 rings (SSSR count). The van der Waals surface area contributed by atoms with Crippen LogP contribution in [0.3, 0.4) is 0 Å². The maximum absolute atomic E-state index is 12.6. The number of aromatic amines is 1. The first-order chi connectivity index (χ1) is 10.1. The van der Waals surface area contributed by atoms with Gasteiger partial charge in [-0.3, -0.25) is 9.89 Å². The van der Waals surface area contributed by atoms with Gasteiger partial charge in [0.05, 0.1) is 5.52 Å². The number of piperidine rings is 1. The van der Waals surface area contributed by atoms with Crippen LogP contribution in [0, 0.1) is 5.92 Å². The molecule has 0 radical (unpaired) electrons. The van der Waals surface area contributed by atoms with Crippen molar-refractivity contribution in [3.63, 3.8) is 0 Å². The monoisotopic (exact) mass is 322 g/mol. The highest BCUT2D eigenvalue weighted by molar-refractivity contribution is 6.04. The van der Waals surface area contributed by atoms with Crippen molar-refractivity contribution in [1.82, 2.24) is 20.8 Å². The van der Waals surface area contributed by atoms with Crippen LogP contribution in [0.4, 0.5) is 0 Å². The number of nitrogens with zero attached hydrogens (tertiary/aromatic N) is 1. The molecule has 2 heterocycles. The van der Waals surface area contributed by atoms with Gasteiger partial charge in [-0.15, -0.1) is 12.4 Å². The lowest BCUT2D eigenvalue weighted by Gasteiger charge is -2.37. The topological polar surface area (TPSA) is 69.8 Å². The van der Waals surface area contributed by atoms with Gasteiger partial charge in [-0.1, -0.05) is 18.2 Å². The fraction of sp³-hybridized carbons (Fsp3) is 0.500. The lowest BCUT2D eigenvalue weighted by molar-refractivity contribution is 0.0859. The second kappa shape index (κ2) is 6.67. The van der Waals surface area contributed by atoms with Crippen LogP contribution in [0.2, 0.25) is 0 Å². The quantitative estimate of drug-likeness (QED) is 0.813. The minimum atomic E-state index is -0.223. The number of H-pyrrole nitrogens is 1. The molecule has 1 aromatic carbocycles. The van der Waals surface area contributed by atoms with Gasteiger partial charge in [-0.05, 0) is 51.8 Å². The number of hydrogen-bond acceptors (Lipinski definition) is 3. The molecule has 1 amide bonds. The summed E-state index contributed by atoms with van der Waals surface area (Å²) in [4.78, 5) is 12.6. The van der Waals surface area contributed by atoms with E-state index in [1.165, 1.54) is 0 Å². The van der Waals surface area contributed by atoms with Crippen LogP contribution in [0.15, 0.2) is 24.3 Å². The first kappa shape index (κ1) is 16.8. The highest BCUT2D eigenvalue weighted by atomic mass is 35.5. The predicted octanol–water partition coefficient (Wildman–Crippen LogP) is 2.49. The third kappa shape index (κ3) is 3.25. The Labute approximate surface area is 136 Å². The summed E-state index contributed by atoms with van der Waals surface area (Å²) in [5, 5.41) is 14.5. The van der Waals surface area contributed by atoms with Gasteiger partial charge in [0.1, 0.15) is 0 Å². The Morgan fingerprint density at radius 2 is 1.95 bits per heavy atom. The molecular weight excluding hydrogens is 300 g/mol. The van der Waals surface area contributed by atoms with Gasteiger partial charge >= 0.3 is 0 Å². The smallest absolute Gasteiger partial charge is 0.272 e. The molecular formula is C16H23ClN4O. The van der Waals surface area contributed by atoms with Crippen molar-refractivity contribution >= 4 is 29.2 Å². The number of hydrogen-bond donors (Lipinski definition) is 3. The molecule has 0 bridgehead atoms. The van der Waals surface area contributed by atoms with Crippen LogP contribution >= 0.6 is 12.4 Å². The summed E-state index contributed by atoms with van der Waals surface area (Å²) in [6.45, 7) is 6.26. The van der Waals surface area contributed by atoms with Crippen LogP contribution in [0.1, 0.15) is 37.2 Å². The first-order valence-electron chi connectivity index (χ1n) is 7.54. The van der Waals surface area contributed by atoms with Crippen LogP contribution < -0.4 is 10.6 Å². The van der Waals surface area contributed by atoms with Crippen molar-refractivity contribution in [2.24, 2.45) is 5.92 Å². The Morgan fingerprint density at radius 3 is 2.68 bits per heavy atom. The van der Waals surface area contributed by atoms with Gasteiger partial charge in [0, 0.05) is 10.9 Å². The molecule has 1 aliphatic heterocycles. The van der Waals surface area contributed by atoms with Crippen molar-refractivity contribution in [2.75, 3.05) is 13.1 Å². The zero-order chi connectivity index (χ0) is 14.9. The zero-order valence-electron chi connectivity index (χ0n) is 13.0. The largest absolute Gasteiger partial charge is 0.345 e. The third-order valence-corrected chi connectivity index (χ3v) is 4.48. The molecule has 0 atom stereocenters. The number of para-hydroxylation sites is 1. The highest BCUT2D eigenvalue weighted by Gasteiger charge is 2.32. The van der Waals surface area contributed by atoms with Crippen molar-refractivity contribution in [1.29, 1.82) is 0 Å². The van der Waals surface area contributed by atoms with Crippen molar-refractivity contribution < 1.29 is 4.79 Å². The Bertz CT molecular complexity index is 646. The second-order valence-electron chi connectivity index (χ2n) is 6.32. The van der Waals surface area contributed by atoms with Gasteiger partial charge in [-0.2, -0.15) is 5.10 Å². The van der Waals surface area contributed by atoms with E-state index in [1.807, 2.05) is 24.3 Å². The number of carbonyl (C=O) groups excluding carboxylic acids is 1. The number of nitrogens with one attached hydrogen (secondary N) is 3. The SMILES string of the molecule is CC(C)(NC(=O)c1n[nH]c2ccccc12)C1CCNCC1.Cl. The van der Waals surface area contributed by atoms with Gasteiger partial charge in [0.15, 0.2) is 5.69 Å². The molecule has 2 aromatic rings. The van der Waals surface area contributed by atoms with E-state index < -0.39 is 0 Å².